The van der Waals surface area contributed by atoms with Gasteiger partial charge in [0, 0.05) is 49.7 Å². The Balaban J connectivity index is 1.50. The van der Waals surface area contributed by atoms with Gasteiger partial charge in [0.1, 0.15) is 0 Å². The van der Waals surface area contributed by atoms with Crippen LogP contribution in [-0.2, 0) is 14.8 Å². The number of carbonyl (C=O) groups is 1. The Morgan fingerprint density at radius 3 is 2.55 bits per heavy atom. The van der Waals surface area contributed by atoms with Crippen molar-refractivity contribution in [1.29, 1.82) is 0 Å². The van der Waals surface area contributed by atoms with Crippen LogP contribution in [-0.4, -0.2) is 58.0 Å². The number of anilines is 2. The predicted octanol–water partition coefficient (Wildman–Crippen LogP) is 1.37. The minimum atomic E-state index is -3.53. The van der Waals surface area contributed by atoms with Crippen molar-refractivity contribution in [2.45, 2.75) is 17.7 Å². The highest BCUT2D eigenvalue weighted by Crippen LogP contribution is 2.23. The summed E-state index contributed by atoms with van der Waals surface area (Å²) >= 11 is 0. The van der Waals surface area contributed by atoms with Crippen molar-refractivity contribution in [2.24, 2.45) is 0 Å². The average molecular weight is 418 g/mol. The molecule has 2 aromatic rings. The predicted molar refractivity (Wildman–Crippen MR) is 108 cm³/mol. The average Bonchev–Trinajstić information content (AvgIpc) is 3.31. The summed E-state index contributed by atoms with van der Waals surface area (Å²) in [6.45, 7) is 3.98. The van der Waals surface area contributed by atoms with Crippen molar-refractivity contribution in [2.75, 3.05) is 49.6 Å². The summed E-state index contributed by atoms with van der Waals surface area (Å²) < 4.78 is 32.4. The molecule has 0 spiro atoms. The molecule has 4 rings (SSSR count). The molecule has 8 nitrogen and oxygen atoms in total. The summed E-state index contributed by atoms with van der Waals surface area (Å²) in [4.78, 5) is 18.0. The Bertz CT molecular complexity index is 983. The zero-order valence-corrected chi connectivity index (χ0v) is 17.0. The van der Waals surface area contributed by atoms with Crippen LogP contribution in [0.15, 0.2) is 47.5 Å². The van der Waals surface area contributed by atoms with Gasteiger partial charge in [-0.3, -0.25) is 4.79 Å². The lowest BCUT2D eigenvalue weighted by Gasteiger charge is -2.28. The van der Waals surface area contributed by atoms with Gasteiger partial charge in [-0.25, -0.2) is 13.4 Å². The lowest BCUT2D eigenvalue weighted by molar-refractivity contribution is -0.381. The van der Waals surface area contributed by atoms with E-state index in [9.17, 15) is 13.2 Å². The molecule has 0 radical (unpaired) electrons. The van der Waals surface area contributed by atoms with E-state index < -0.39 is 10.0 Å². The monoisotopic (exact) mass is 417 g/mol. The molecule has 0 bridgehead atoms. The molecule has 2 N–H and O–H groups in total. The van der Waals surface area contributed by atoms with Crippen molar-refractivity contribution in [3.05, 3.63) is 48.3 Å². The van der Waals surface area contributed by atoms with Gasteiger partial charge >= 0.3 is 5.91 Å². The maximum absolute atomic E-state index is 12.8. The van der Waals surface area contributed by atoms with Gasteiger partial charge in [-0.15, -0.1) is 0 Å². The SMILES string of the molecule is O=C(Nc1cccc(S(=O)(=O)N2CCCC2)c1)c1cc(N2CCOCC2)cc[nH+]1. The van der Waals surface area contributed by atoms with Crippen LogP contribution in [0.4, 0.5) is 11.4 Å². The topological polar surface area (TPSA) is 93.1 Å². The quantitative estimate of drug-likeness (QED) is 0.793. The third-order valence-corrected chi connectivity index (χ3v) is 7.10. The van der Waals surface area contributed by atoms with Crippen LogP contribution < -0.4 is 15.2 Å². The molecule has 0 atom stereocenters. The Kier molecular flexibility index (Phi) is 5.79. The highest BCUT2D eigenvalue weighted by atomic mass is 32.2. The molecular weight excluding hydrogens is 392 g/mol. The molecule has 29 heavy (non-hydrogen) atoms. The molecule has 2 aliphatic rings. The van der Waals surface area contributed by atoms with Gasteiger partial charge in [0.15, 0.2) is 6.20 Å². The summed E-state index contributed by atoms with van der Waals surface area (Å²) in [5.74, 6) is -0.323. The lowest BCUT2D eigenvalue weighted by Crippen LogP contribution is -2.36. The maximum Gasteiger partial charge on any atom is 0.320 e. The number of pyridine rings is 1. The second-order valence-corrected chi connectivity index (χ2v) is 9.09. The summed E-state index contributed by atoms with van der Waals surface area (Å²) in [6.07, 6.45) is 3.49. The highest BCUT2D eigenvalue weighted by Gasteiger charge is 2.27. The fourth-order valence-corrected chi connectivity index (χ4v) is 5.18. The highest BCUT2D eigenvalue weighted by molar-refractivity contribution is 7.89. The summed E-state index contributed by atoms with van der Waals surface area (Å²) in [5.41, 5.74) is 1.80. The Morgan fingerprint density at radius 2 is 1.79 bits per heavy atom. The van der Waals surface area contributed by atoms with E-state index in [-0.39, 0.29) is 10.8 Å². The first-order valence-electron chi connectivity index (χ1n) is 9.80. The number of rotatable bonds is 5. The summed E-state index contributed by atoms with van der Waals surface area (Å²) in [5, 5.41) is 2.80. The van der Waals surface area contributed by atoms with E-state index in [1.165, 1.54) is 10.4 Å². The number of benzene rings is 1. The van der Waals surface area contributed by atoms with Gasteiger partial charge in [-0.2, -0.15) is 4.31 Å². The Morgan fingerprint density at radius 1 is 1.03 bits per heavy atom. The molecule has 1 amide bonds. The lowest BCUT2D eigenvalue weighted by atomic mass is 10.2. The van der Waals surface area contributed by atoms with E-state index in [2.05, 4.69) is 15.2 Å². The van der Waals surface area contributed by atoms with Crippen LogP contribution >= 0.6 is 0 Å². The van der Waals surface area contributed by atoms with Crippen molar-refractivity contribution < 1.29 is 22.9 Å². The van der Waals surface area contributed by atoms with Gasteiger partial charge in [-0.05, 0) is 31.0 Å². The number of carbonyl (C=O) groups excluding carboxylic acids is 1. The van der Waals surface area contributed by atoms with Crippen molar-refractivity contribution >= 4 is 27.3 Å². The smallest absolute Gasteiger partial charge is 0.320 e. The molecule has 3 heterocycles. The standard InChI is InChI=1S/C20H24N4O4S/c25-20(19-15-17(6-7-21-19)23-10-12-28-13-11-23)22-16-4-3-5-18(14-16)29(26,27)24-8-1-2-9-24/h3-7,14-15H,1-2,8-13H2,(H,22,25)/p+1. The van der Waals surface area contributed by atoms with Crippen LogP contribution in [0.1, 0.15) is 23.3 Å². The van der Waals surface area contributed by atoms with E-state index in [0.29, 0.717) is 37.7 Å². The number of H-pyrrole nitrogens is 1. The second-order valence-electron chi connectivity index (χ2n) is 7.15. The molecule has 0 aliphatic carbocycles. The van der Waals surface area contributed by atoms with Crippen LogP contribution in [0.25, 0.3) is 0 Å². The number of aromatic amines is 1. The van der Waals surface area contributed by atoms with Crippen LogP contribution in [0.5, 0.6) is 0 Å². The number of ether oxygens (including phenoxy) is 1. The van der Waals surface area contributed by atoms with Crippen LogP contribution in [0, 0.1) is 0 Å². The van der Waals surface area contributed by atoms with Gasteiger partial charge in [-0.1, -0.05) is 6.07 Å². The molecule has 2 fully saturated rings. The number of amides is 1. The van der Waals surface area contributed by atoms with Crippen LogP contribution in [0.2, 0.25) is 0 Å². The van der Waals surface area contributed by atoms with E-state index in [0.717, 1.165) is 31.6 Å². The molecule has 0 saturated carbocycles. The molecule has 1 aromatic carbocycles. The van der Waals surface area contributed by atoms with E-state index in [1.807, 2.05) is 6.07 Å². The van der Waals surface area contributed by atoms with Crippen molar-refractivity contribution in [3.63, 3.8) is 0 Å². The van der Waals surface area contributed by atoms with Crippen LogP contribution in [0.3, 0.4) is 0 Å². The van der Waals surface area contributed by atoms with Gasteiger partial charge in [0.25, 0.3) is 5.69 Å². The second kappa shape index (κ2) is 8.48. The Hall–Kier alpha value is -2.49. The first kappa shape index (κ1) is 19.8. The number of hydrogen-bond acceptors (Lipinski definition) is 5. The maximum atomic E-state index is 12.8. The number of aromatic nitrogens is 1. The molecule has 2 aliphatic heterocycles. The minimum absolute atomic E-state index is 0.197. The fourth-order valence-electron chi connectivity index (χ4n) is 3.61. The fraction of sp³-hybridized carbons (Fsp3) is 0.400. The minimum Gasteiger partial charge on any atom is -0.378 e. The summed E-state index contributed by atoms with van der Waals surface area (Å²) in [6, 6.07) is 10.1. The van der Waals surface area contributed by atoms with E-state index >= 15 is 0 Å². The van der Waals surface area contributed by atoms with Gasteiger partial charge < -0.3 is 15.0 Å². The molecule has 2 saturated heterocycles. The molecule has 154 valence electrons. The van der Waals surface area contributed by atoms with Crippen molar-refractivity contribution in [1.82, 2.24) is 4.31 Å². The number of nitrogens with zero attached hydrogens (tertiary/aromatic N) is 2. The normalized spacial score (nSPS) is 18.0. The zero-order valence-electron chi connectivity index (χ0n) is 16.1. The third kappa shape index (κ3) is 4.42. The number of nitrogens with one attached hydrogen (secondary N) is 2. The van der Waals surface area contributed by atoms with Crippen molar-refractivity contribution in [3.8, 4) is 0 Å². The first-order valence-corrected chi connectivity index (χ1v) is 11.2. The Labute approximate surface area is 170 Å². The van der Waals surface area contributed by atoms with E-state index in [4.69, 9.17) is 4.74 Å². The zero-order chi connectivity index (χ0) is 20.3. The molecule has 9 heteroatoms. The molecule has 0 unspecified atom stereocenters. The van der Waals surface area contributed by atoms with Gasteiger partial charge in [0.2, 0.25) is 10.0 Å². The first-order chi connectivity index (χ1) is 14.0. The number of hydrogen-bond donors (Lipinski definition) is 1. The van der Waals surface area contributed by atoms with Gasteiger partial charge in [0.05, 0.1) is 18.1 Å². The summed E-state index contributed by atoms with van der Waals surface area (Å²) in [7, 11) is -3.53. The largest absolute Gasteiger partial charge is 0.378 e. The number of sulfonamides is 1. The third-order valence-electron chi connectivity index (χ3n) is 5.20. The number of morpholine rings is 1. The molecular formula is C20H25N4O4S+. The molecule has 1 aromatic heterocycles. The van der Waals surface area contributed by atoms with E-state index in [1.54, 1.807) is 30.5 Å².